The molecule has 0 bridgehead atoms. The summed E-state index contributed by atoms with van der Waals surface area (Å²) in [5.74, 6) is -0.0837. The number of benzene rings is 2. The van der Waals surface area contributed by atoms with E-state index in [0.29, 0.717) is 17.1 Å². The molecule has 5 nitrogen and oxygen atoms in total. The highest BCUT2D eigenvalue weighted by atomic mass is 16.5. The van der Waals surface area contributed by atoms with Gasteiger partial charge in [-0.2, -0.15) is 0 Å². The van der Waals surface area contributed by atoms with E-state index in [9.17, 15) is 9.59 Å². The highest BCUT2D eigenvalue weighted by molar-refractivity contribution is 5.94. The zero-order chi connectivity index (χ0) is 16.1. The van der Waals surface area contributed by atoms with E-state index in [1.807, 2.05) is 0 Å². The van der Waals surface area contributed by atoms with Crippen LogP contribution in [0, 0.1) is 0 Å². The Bertz CT molecular complexity index is 706. The number of carboxylic acids is 1. The second-order valence-corrected chi connectivity index (χ2v) is 4.72. The monoisotopic (exact) mass is 300 g/mol. The van der Waals surface area contributed by atoms with Gasteiger partial charge >= 0.3 is 5.97 Å². The molecule has 114 valence electrons. The smallest absolute Gasteiger partial charge is 0.335 e. The Kier molecular flexibility index (Phi) is 4.78. The molecule has 0 radical (unpaired) electrons. The third-order valence-corrected chi connectivity index (χ3v) is 3.14. The molecule has 0 heterocycles. The first-order valence-electron chi connectivity index (χ1n) is 6.65. The summed E-state index contributed by atoms with van der Waals surface area (Å²) in [7, 11) is 1.50. The van der Waals surface area contributed by atoms with Crippen LogP contribution in [0.5, 0.6) is 11.5 Å². The van der Waals surface area contributed by atoms with E-state index in [1.165, 1.54) is 20.1 Å². The largest absolute Gasteiger partial charge is 0.493 e. The van der Waals surface area contributed by atoms with Crippen molar-refractivity contribution in [3.8, 4) is 11.5 Å². The molecule has 0 amide bonds. The average molecular weight is 300 g/mol. The second kappa shape index (κ2) is 6.76. The quantitative estimate of drug-likeness (QED) is 0.829. The Morgan fingerprint density at radius 1 is 1.05 bits per heavy atom. The first-order valence-corrected chi connectivity index (χ1v) is 6.65. The molecule has 0 saturated heterocycles. The maximum atomic E-state index is 11.4. The molecule has 2 rings (SSSR count). The molecule has 0 unspecified atom stereocenters. The van der Waals surface area contributed by atoms with Crippen molar-refractivity contribution in [2.75, 3.05) is 7.11 Å². The minimum Gasteiger partial charge on any atom is -0.493 e. The summed E-state index contributed by atoms with van der Waals surface area (Å²) in [6.07, 6.45) is 0. The highest BCUT2D eigenvalue weighted by Crippen LogP contribution is 2.29. The predicted molar refractivity (Wildman–Crippen MR) is 80.7 cm³/mol. The Morgan fingerprint density at radius 2 is 1.82 bits per heavy atom. The van der Waals surface area contributed by atoms with Gasteiger partial charge in [0.25, 0.3) is 0 Å². The van der Waals surface area contributed by atoms with Gasteiger partial charge in [-0.05, 0) is 42.8 Å². The molecule has 5 heteroatoms. The summed E-state index contributed by atoms with van der Waals surface area (Å²) >= 11 is 0. The van der Waals surface area contributed by atoms with Crippen LogP contribution in [0.3, 0.4) is 0 Å². The molecule has 0 aliphatic heterocycles. The summed E-state index contributed by atoms with van der Waals surface area (Å²) in [4.78, 5) is 22.3. The highest BCUT2D eigenvalue weighted by Gasteiger charge is 2.09. The fourth-order valence-electron chi connectivity index (χ4n) is 1.96. The van der Waals surface area contributed by atoms with E-state index in [-0.39, 0.29) is 18.0 Å². The molecule has 0 spiro atoms. The maximum Gasteiger partial charge on any atom is 0.335 e. The van der Waals surface area contributed by atoms with Crippen molar-refractivity contribution in [3.05, 3.63) is 59.2 Å². The van der Waals surface area contributed by atoms with Crippen molar-refractivity contribution in [3.63, 3.8) is 0 Å². The van der Waals surface area contributed by atoms with Crippen molar-refractivity contribution in [1.82, 2.24) is 0 Å². The molecule has 0 fully saturated rings. The number of Topliss-reactive ketones (excluding diaryl/α,β-unsaturated/α-hetero) is 1. The predicted octanol–water partition coefficient (Wildman–Crippen LogP) is 3.18. The molecular formula is C17H16O5. The summed E-state index contributed by atoms with van der Waals surface area (Å²) in [5.41, 5.74) is 1.48. The summed E-state index contributed by atoms with van der Waals surface area (Å²) in [5, 5.41) is 8.97. The van der Waals surface area contributed by atoms with Crippen molar-refractivity contribution < 1.29 is 24.2 Å². The first kappa shape index (κ1) is 15.6. The molecular weight excluding hydrogens is 284 g/mol. The number of aromatic carboxylic acids is 1. The lowest BCUT2D eigenvalue weighted by Gasteiger charge is -2.12. The zero-order valence-corrected chi connectivity index (χ0v) is 12.3. The zero-order valence-electron chi connectivity index (χ0n) is 12.3. The number of rotatable bonds is 6. The number of hydrogen-bond acceptors (Lipinski definition) is 4. The van der Waals surface area contributed by atoms with Crippen molar-refractivity contribution in [2.24, 2.45) is 0 Å². The maximum absolute atomic E-state index is 11.4. The van der Waals surface area contributed by atoms with E-state index in [1.54, 1.807) is 36.4 Å². The van der Waals surface area contributed by atoms with Crippen LogP contribution >= 0.6 is 0 Å². The lowest BCUT2D eigenvalue weighted by Crippen LogP contribution is -2.02. The second-order valence-electron chi connectivity index (χ2n) is 4.72. The lowest BCUT2D eigenvalue weighted by atomic mass is 10.1. The van der Waals surface area contributed by atoms with Crippen molar-refractivity contribution in [2.45, 2.75) is 13.5 Å². The number of ketones is 1. The van der Waals surface area contributed by atoms with Gasteiger partial charge in [-0.25, -0.2) is 4.79 Å². The van der Waals surface area contributed by atoms with Crippen LogP contribution in [-0.4, -0.2) is 24.0 Å². The third kappa shape index (κ3) is 3.63. The first-order chi connectivity index (χ1) is 10.5. The van der Waals surface area contributed by atoms with Gasteiger partial charge < -0.3 is 14.6 Å². The SMILES string of the molecule is COc1cc(C(C)=O)ccc1OCc1cccc(C(=O)O)c1. The Labute approximate surface area is 128 Å². The van der Waals surface area contributed by atoms with E-state index in [2.05, 4.69) is 0 Å². The number of carboxylic acid groups (broad SMARTS) is 1. The molecule has 22 heavy (non-hydrogen) atoms. The van der Waals surface area contributed by atoms with Gasteiger partial charge in [-0.3, -0.25) is 4.79 Å². The third-order valence-electron chi connectivity index (χ3n) is 3.14. The number of carbonyl (C=O) groups is 2. The van der Waals surface area contributed by atoms with Gasteiger partial charge in [-0.15, -0.1) is 0 Å². The van der Waals surface area contributed by atoms with E-state index >= 15 is 0 Å². The van der Waals surface area contributed by atoms with Gasteiger partial charge in [0, 0.05) is 5.56 Å². The Morgan fingerprint density at radius 3 is 2.45 bits per heavy atom. The normalized spacial score (nSPS) is 10.1. The van der Waals surface area contributed by atoms with Crippen LogP contribution in [0.1, 0.15) is 33.2 Å². The van der Waals surface area contributed by atoms with Crippen LogP contribution in [0.2, 0.25) is 0 Å². The van der Waals surface area contributed by atoms with Gasteiger partial charge in [0.05, 0.1) is 12.7 Å². The summed E-state index contributed by atoms with van der Waals surface area (Å²) in [6, 6.07) is 11.5. The van der Waals surface area contributed by atoms with Crippen LogP contribution < -0.4 is 9.47 Å². The fraction of sp³-hybridized carbons (Fsp3) is 0.176. The minimum atomic E-state index is -0.981. The molecule has 0 atom stereocenters. The van der Waals surface area contributed by atoms with Crippen LogP contribution in [0.4, 0.5) is 0 Å². The van der Waals surface area contributed by atoms with E-state index in [4.69, 9.17) is 14.6 Å². The number of hydrogen-bond donors (Lipinski definition) is 1. The molecule has 2 aromatic rings. The molecule has 0 saturated carbocycles. The van der Waals surface area contributed by atoms with Crippen molar-refractivity contribution >= 4 is 11.8 Å². The minimum absolute atomic E-state index is 0.0565. The van der Waals surface area contributed by atoms with Crippen LogP contribution in [-0.2, 0) is 6.61 Å². The van der Waals surface area contributed by atoms with Gasteiger partial charge in [0.15, 0.2) is 17.3 Å². The summed E-state index contributed by atoms with van der Waals surface area (Å²) in [6.45, 7) is 1.68. The molecule has 2 aromatic carbocycles. The van der Waals surface area contributed by atoms with E-state index < -0.39 is 5.97 Å². The van der Waals surface area contributed by atoms with Crippen molar-refractivity contribution in [1.29, 1.82) is 0 Å². The molecule has 0 aliphatic carbocycles. The molecule has 1 N–H and O–H groups in total. The number of methoxy groups -OCH3 is 1. The summed E-state index contributed by atoms with van der Waals surface area (Å²) < 4.78 is 10.9. The van der Waals surface area contributed by atoms with Gasteiger partial charge in [-0.1, -0.05) is 12.1 Å². The van der Waals surface area contributed by atoms with Crippen LogP contribution in [0.25, 0.3) is 0 Å². The molecule has 0 aliphatic rings. The molecule has 0 aromatic heterocycles. The fourth-order valence-corrected chi connectivity index (χ4v) is 1.96. The topological polar surface area (TPSA) is 72.8 Å². The Hall–Kier alpha value is -2.82. The lowest BCUT2D eigenvalue weighted by molar-refractivity contribution is 0.0696. The number of ether oxygens (including phenoxy) is 2. The van der Waals surface area contributed by atoms with Gasteiger partial charge in [0.1, 0.15) is 6.61 Å². The van der Waals surface area contributed by atoms with E-state index in [0.717, 1.165) is 5.56 Å². The average Bonchev–Trinajstić information content (AvgIpc) is 2.52. The number of carbonyl (C=O) groups excluding carboxylic acids is 1. The standard InChI is InChI=1S/C17H16O5/c1-11(18)13-6-7-15(16(9-13)21-2)22-10-12-4-3-5-14(8-12)17(19)20/h3-9H,10H2,1-2H3,(H,19,20). The Balaban J connectivity index is 2.16. The van der Waals surface area contributed by atoms with Gasteiger partial charge in [0.2, 0.25) is 0 Å². The van der Waals surface area contributed by atoms with Crippen LogP contribution in [0.15, 0.2) is 42.5 Å².